The van der Waals surface area contributed by atoms with Crippen molar-refractivity contribution in [3.8, 4) is 11.5 Å². The van der Waals surface area contributed by atoms with Gasteiger partial charge in [0.15, 0.2) is 11.5 Å². The maximum atomic E-state index is 11.8. The Kier molecular flexibility index (Phi) is 4.40. The van der Waals surface area contributed by atoms with Crippen molar-refractivity contribution in [3.63, 3.8) is 0 Å². The Morgan fingerprint density at radius 1 is 1.25 bits per heavy atom. The predicted octanol–water partition coefficient (Wildman–Crippen LogP) is 1.38. The number of amides is 1. The number of ether oxygens (including phenoxy) is 2. The first kappa shape index (κ1) is 14.9. The van der Waals surface area contributed by atoms with Gasteiger partial charge in [-0.05, 0) is 30.5 Å². The van der Waals surface area contributed by atoms with E-state index in [-0.39, 0.29) is 18.3 Å². The summed E-state index contributed by atoms with van der Waals surface area (Å²) in [6.45, 7) is 1.81. The molecule has 0 saturated heterocycles. The number of nitrogens with two attached hydrogens (primary N) is 1. The van der Waals surface area contributed by atoms with Gasteiger partial charge in [0.05, 0.1) is 18.8 Å². The molecule has 5 nitrogen and oxygen atoms in total. The molecular formula is C14H19ClN2O3. The van der Waals surface area contributed by atoms with Crippen molar-refractivity contribution in [2.75, 3.05) is 13.2 Å². The van der Waals surface area contributed by atoms with Crippen molar-refractivity contribution < 1.29 is 14.3 Å². The summed E-state index contributed by atoms with van der Waals surface area (Å²) in [4.78, 5) is 11.8. The van der Waals surface area contributed by atoms with Gasteiger partial charge in [-0.1, -0.05) is 6.07 Å². The highest BCUT2D eigenvalue weighted by molar-refractivity contribution is 5.88. The Morgan fingerprint density at radius 3 is 2.65 bits per heavy atom. The highest BCUT2D eigenvalue weighted by Crippen LogP contribution is 2.33. The van der Waals surface area contributed by atoms with Crippen LogP contribution < -0.4 is 20.5 Å². The maximum absolute atomic E-state index is 11.8. The lowest BCUT2D eigenvalue weighted by Crippen LogP contribution is -2.42. The van der Waals surface area contributed by atoms with Gasteiger partial charge in [0.25, 0.3) is 0 Å². The molecule has 20 heavy (non-hydrogen) atoms. The number of hydrogen-bond donors (Lipinski definition) is 2. The largest absolute Gasteiger partial charge is 0.490 e. The van der Waals surface area contributed by atoms with Gasteiger partial charge >= 0.3 is 0 Å². The van der Waals surface area contributed by atoms with E-state index in [1.165, 1.54) is 0 Å². The fraction of sp³-hybridized carbons (Fsp3) is 0.500. The number of fused-ring (bicyclic) bond motifs is 1. The highest BCUT2D eigenvalue weighted by atomic mass is 35.5. The van der Waals surface area contributed by atoms with Crippen LogP contribution in [-0.4, -0.2) is 24.7 Å². The number of carbonyl (C=O) groups is 1. The molecule has 0 aromatic heterocycles. The van der Waals surface area contributed by atoms with Gasteiger partial charge in [-0.25, -0.2) is 0 Å². The zero-order valence-electron chi connectivity index (χ0n) is 11.2. The van der Waals surface area contributed by atoms with Crippen molar-refractivity contribution in [2.24, 2.45) is 5.73 Å². The molecule has 0 spiro atoms. The van der Waals surface area contributed by atoms with Crippen molar-refractivity contribution >= 4 is 18.3 Å². The second-order valence-electron chi connectivity index (χ2n) is 5.17. The molecule has 0 atom stereocenters. The Bertz CT molecular complexity index is 503. The van der Waals surface area contributed by atoms with E-state index in [9.17, 15) is 4.79 Å². The maximum Gasteiger partial charge on any atom is 0.240 e. The molecule has 1 aromatic carbocycles. The van der Waals surface area contributed by atoms with Gasteiger partial charge < -0.3 is 20.5 Å². The molecule has 1 fully saturated rings. The van der Waals surface area contributed by atoms with Gasteiger partial charge in [-0.15, -0.1) is 12.4 Å². The molecule has 1 aliphatic heterocycles. The van der Waals surface area contributed by atoms with Crippen LogP contribution in [0.1, 0.15) is 24.8 Å². The van der Waals surface area contributed by atoms with Crippen molar-refractivity contribution in [3.05, 3.63) is 23.8 Å². The first-order valence-corrected chi connectivity index (χ1v) is 6.63. The molecule has 2 aliphatic rings. The SMILES string of the molecule is Cl.NC1(C(=O)NCc2ccc3c(c2)OCCCO3)CC1. The molecule has 1 saturated carbocycles. The zero-order valence-corrected chi connectivity index (χ0v) is 12.0. The predicted molar refractivity (Wildman–Crippen MR) is 77.3 cm³/mol. The topological polar surface area (TPSA) is 73.6 Å². The van der Waals surface area contributed by atoms with Gasteiger partial charge in [0.1, 0.15) is 0 Å². The zero-order chi connectivity index (χ0) is 13.3. The number of nitrogens with one attached hydrogen (secondary N) is 1. The monoisotopic (exact) mass is 298 g/mol. The van der Waals surface area contributed by atoms with Crippen molar-refractivity contribution in [2.45, 2.75) is 31.3 Å². The second kappa shape index (κ2) is 5.89. The molecule has 0 unspecified atom stereocenters. The summed E-state index contributed by atoms with van der Waals surface area (Å²) < 4.78 is 11.2. The summed E-state index contributed by atoms with van der Waals surface area (Å²) in [5.41, 5.74) is 6.20. The average Bonchev–Trinajstić information content (AvgIpc) is 3.19. The van der Waals surface area contributed by atoms with Crippen LogP contribution in [0.3, 0.4) is 0 Å². The first-order valence-electron chi connectivity index (χ1n) is 6.63. The van der Waals surface area contributed by atoms with E-state index in [0.29, 0.717) is 19.8 Å². The van der Waals surface area contributed by atoms with Crippen LogP contribution in [0.15, 0.2) is 18.2 Å². The molecule has 1 heterocycles. The molecular weight excluding hydrogens is 280 g/mol. The molecule has 1 aromatic rings. The Hall–Kier alpha value is -1.46. The Labute approximate surface area is 124 Å². The van der Waals surface area contributed by atoms with Crippen LogP contribution in [0.4, 0.5) is 0 Å². The first-order chi connectivity index (χ1) is 9.17. The third-order valence-electron chi connectivity index (χ3n) is 3.51. The number of rotatable bonds is 3. The van der Waals surface area contributed by atoms with Gasteiger partial charge in [-0.2, -0.15) is 0 Å². The van der Waals surface area contributed by atoms with Crippen LogP contribution in [0.25, 0.3) is 0 Å². The van der Waals surface area contributed by atoms with E-state index >= 15 is 0 Å². The van der Waals surface area contributed by atoms with Crippen molar-refractivity contribution in [1.29, 1.82) is 0 Å². The third kappa shape index (κ3) is 3.16. The van der Waals surface area contributed by atoms with Crippen LogP contribution >= 0.6 is 12.4 Å². The Balaban J connectivity index is 0.00000147. The molecule has 1 amide bonds. The van der Waals surface area contributed by atoms with E-state index < -0.39 is 5.54 Å². The highest BCUT2D eigenvalue weighted by Gasteiger charge is 2.45. The summed E-state index contributed by atoms with van der Waals surface area (Å²) in [6, 6.07) is 5.73. The summed E-state index contributed by atoms with van der Waals surface area (Å²) >= 11 is 0. The fourth-order valence-electron chi connectivity index (χ4n) is 2.04. The van der Waals surface area contributed by atoms with E-state index in [0.717, 1.165) is 36.3 Å². The molecule has 0 bridgehead atoms. The lowest BCUT2D eigenvalue weighted by atomic mass is 10.2. The minimum atomic E-state index is -0.620. The lowest BCUT2D eigenvalue weighted by Gasteiger charge is -2.12. The van der Waals surface area contributed by atoms with Crippen LogP contribution in [0.5, 0.6) is 11.5 Å². The number of carbonyl (C=O) groups excluding carboxylic acids is 1. The van der Waals surface area contributed by atoms with Crippen LogP contribution in [0.2, 0.25) is 0 Å². The molecule has 3 rings (SSSR count). The number of benzene rings is 1. The third-order valence-corrected chi connectivity index (χ3v) is 3.51. The van der Waals surface area contributed by atoms with Gasteiger partial charge in [0, 0.05) is 13.0 Å². The summed E-state index contributed by atoms with van der Waals surface area (Å²) in [7, 11) is 0. The van der Waals surface area contributed by atoms with E-state index in [4.69, 9.17) is 15.2 Å². The van der Waals surface area contributed by atoms with Gasteiger partial charge in [-0.3, -0.25) is 4.79 Å². The fourth-order valence-corrected chi connectivity index (χ4v) is 2.04. The molecule has 110 valence electrons. The molecule has 3 N–H and O–H groups in total. The summed E-state index contributed by atoms with van der Waals surface area (Å²) in [6.07, 6.45) is 2.44. The minimum Gasteiger partial charge on any atom is -0.490 e. The van der Waals surface area contributed by atoms with Crippen LogP contribution in [0, 0.1) is 0 Å². The average molecular weight is 299 g/mol. The summed E-state index contributed by atoms with van der Waals surface area (Å²) in [5.74, 6) is 1.45. The lowest BCUT2D eigenvalue weighted by molar-refractivity contribution is -0.123. The molecule has 6 heteroatoms. The summed E-state index contributed by atoms with van der Waals surface area (Å²) in [5, 5.41) is 2.86. The minimum absolute atomic E-state index is 0. The molecule has 1 aliphatic carbocycles. The number of hydrogen-bond acceptors (Lipinski definition) is 4. The number of halogens is 1. The molecule has 0 radical (unpaired) electrons. The van der Waals surface area contributed by atoms with Crippen LogP contribution in [-0.2, 0) is 11.3 Å². The smallest absolute Gasteiger partial charge is 0.240 e. The second-order valence-corrected chi connectivity index (χ2v) is 5.17. The van der Waals surface area contributed by atoms with E-state index in [1.807, 2.05) is 18.2 Å². The van der Waals surface area contributed by atoms with Gasteiger partial charge in [0.2, 0.25) is 5.91 Å². The Morgan fingerprint density at radius 2 is 1.95 bits per heavy atom. The standard InChI is InChI=1S/C14H18N2O3.ClH/c15-14(4-5-14)13(17)16-9-10-2-3-11-12(8-10)19-7-1-6-18-11;/h2-3,8H,1,4-7,9,15H2,(H,16,17);1H. The van der Waals surface area contributed by atoms with Crippen molar-refractivity contribution in [1.82, 2.24) is 5.32 Å². The normalized spacial score (nSPS) is 18.4. The quantitative estimate of drug-likeness (QED) is 0.884. The van der Waals surface area contributed by atoms with E-state index in [1.54, 1.807) is 0 Å². The van der Waals surface area contributed by atoms with E-state index in [2.05, 4.69) is 5.32 Å².